The van der Waals surface area contributed by atoms with Crippen LogP contribution in [-0.2, 0) is 0 Å². The van der Waals surface area contributed by atoms with E-state index in [4.69, 9.17) is 0 Å². The number of nitrogens with zero attached hydrogens (tertiary/aromatic N) is 2. The Morgan fingerprint density at radius 2 is 2.32 bits per heavy atom. The first kappa shape index (κ1) is 13.3. The highest BCUT2D eigenvalue weighted by atomic mass is 32.2. The summed E-state index contributed by atoms with van der Waals surface area (Å²) in [6.45, 7) is 1.09. The normalized spacial score (nSPS) is 27.8. The van der Waals surface area contributed by atoms with Crippen LogP contribution in [0.2, 0.25) is 0 Å². The van der Waals surface area contributed by atoms with Gasteiger partial charge in [0.25, 0.3) is 0 Å². The summed E-state index contributed by atoms with van der Waals surface area (Å²) >= 11 is 3.52. The van der Waals surface area contributed by atoms with E-state index in [1.807, 2.05) is 11.8 Å². The van der Waals surface area contributed by atoms with Gasteiger partial charge in [-0.15, -0.1) is 23.5 Å². The molecule has 0 radical (unpaired) electrons. The standard InChI is InChI=1S/C13H15FN2OS2/c1-16-4-5-18-13(16)10-7-19-12(15-10)9-6-8(14)2-3-11(9)17/h2-3,6,10,13,17H,4-5,7H2,1H3. The summed E-state index contributed by atoms with van der Waals surface area (Å²) in [5, 5.41) is 11.0. The van der Waals surface area contributed by atoms with Crippen LogP contribution in [0.1, 0.15) is 5.56 Å². The molecule has 0 amide bonds. The van der Waals surface area contributed by atoms with E-state index in [1.54, 1.807) is 11.8 Å². The smallest absolute Gasteiger partial charge is 0.125 e. The third-order valence-corrected chi connectivity index (χ3v) is 5.90. The Morgan fingerprint density at radius 1 is 1.47 bits per heavy atom. The summed E-state index contributed by atoms with van der Waals surface area (Å²) in [5.41, 5.74) is 0.512. The van der Waals surface area contributed by atoms with Crippen molar-refractivity contribution in [3.8, 4) is 5.75 Å². The van der Waals surface area contributed by atoms with Crippen LogP contribution in [0.25, 0.3) is 0 Å². The van der Waals surface area contributed by atoms with Crippen molar-refractivity contribution in [2.24, 2.45) is 4.99 Å². The molecule has 19 heavy (non-hydrogen) atoms. The molecule has 0 aliphatic carbocycles. The van der Waals surface area contributed by atoms with E-state index in [-0.39, 0.29) is 17.6 Å². The highest BCUT2D eigenvalue weighted by Gasteiger charge is 2.33. The van der Waals surface area contributed by atoms with Gasteiger partial charge < -0.3 is 5.11 Å². The second-order valence-electron chi connectivity index (χ2n) is 4.72. The average Bonchev–Trinajstić information content (AvgIpc) is 3.00. The predicted octanol–water partition coefficient (Wildman–Crippen LogP) is 2.40. The zero-order chi connectivity index (χ0) is 13.4. The van der Waals surface area contributed by atoms with Crippen molar-refractivity contribution in [1.82, 2.24) is 4.90 Å². The number of halogens is 1. The van der Waals surface area contributed by atoms with E-state index in [2.05, 4.69) is 16.9 Å². The molecule has 1 aromatic carbocycles. The molecule has 0 saturated carbocycles. The highest BCUT2D eigenvalue weighted by molar-refractivity contribution is 8.14. The van der Waals surface area contributed by atoms with Crippen LogP contribution >= 0.6 is 23.5 Å². The minimum Gasteiger partial charge on any atom is -0.507 e. The number of phenolic OH excluding ortho intramolecular Hbond substituents is 1. The minimum atomic E-state index is -0.341. The van der Waals surface area contributed by atoms with Gasteiger partial charge in [-0.25, -0.2) is 4.39 Å². The molecule has 6 heteroatoms. The molecule has 0 bridgehead atoms. The maximum absolute atomic E-state index is 13.3. The third-order valence-electron chi connectivity index (χ3n) is 3.36. The molecule has 0 aromatic heterocycles. The van der Waals surface area contributed by atoms with Gasteiger partial charge in [0.1, 0.15) is 16.6 Å². The van der Waals surface area contributed by atoms with Gasteiger partial charge in [-0.05, 0) is 25.2 Å². The number of hydrogen-bond acceptors (Lipinski definition) is 5. The van der Waals surface area contributed by atoms with Crippen LogP contribution in [-0.4, -0.2) is 51.6 Å². The lowest BCUT2D eigenvalue weighted by Gasteiger charge is -2.21. The topological polar surface area (TPSA) is 35.8 Å². The average molecular weight is 298 g/mol. The molecule has 1 N–H and O–H groups in total. The quantitative estimate of drug-likeness (QED) is 0.909. The monoisotopic (exact) mass is 298 g/mol. The van der Waals surface area contributed by atoms with Gasteiger partial charge in [0.05, 0.1) is 17.0 Å². The first-order chi connectivity index (χ1) is 9.15. The lowest BCUT2D eigenvalue weighted by molar-refractivity contribution is 0.328. The van der Waals surface area contributed by atoms with Gasteiger partial charge in [0.2, 0.25) is 0 Å². The maximum atomic E-state index is 13.3. The number of rotatable bonds is 2. The molecule has 1 fully saturated rings. The Morgan fingerprint density at radius 3 is 3.05 bits per heavy atom. The Labute approximate surface area is 120 Å². The molecule has 2 heterocycles. The van der Waals surface area contributed by atoms with Gasteiger partial charge in [0, 0.05) is 18.1 Å². The summed E-state index contributed by atoms with van der Waals surface area (Å²) in [6, 6.07) is 4.23. The Hall–Kier alpha value is -0.720. The number of aliphatic imine (C=N–C) groups is 1. The number of aromatic hydroxyl groups is 1. The van der Waals surface area contributed by atoms with E-state index < -0.39 is 0 Å². The minimum absolute atomic E-state index is 0.0979. The van der Waals surface area contributed by atoms with Crippen molar-refractivity contribution in [3.63, 3.8) is 0 Å². The lowest BCUT2D eigenvalue weighted by Crippen LogP contribution is -2.33. The molecule has 3 nitrogen and oxygen atoms in total. The molecular formula is C13H15FN2OS2. The molecular weight excluding hydrogens is 283 g/mol. The zero-order valence-corrected chi connectivity index (χ0v) is 12.2. The number of likely N-dealkylation sites (N-methyl/N-ethyl adjacent to an activating group) is 1. The predicted molar refractivity (Wildman–Crippen MR) is 79.7 cm³/mol. The molecule has 1 aromatic rings. The van der Waals surface area contributed by atoms with E-state index in [0.29, 0.717) is 10.9 Å². The number of phenols is 1. The van der Waals surface area contributed by atoms with Gasteiger partial charge >= 0.3 is 0 Å². The van der Waals surface area contributed by atoms with Gasteiger partial charge in [0.15, 0.2) is 0 Å². The van der Waals surface area contributed by atoms with E-state index in [9.17, 15) is 9.50 Å². The highest BCUT2D eigenvalue weighted by Crippen LogP contribution is 2.35. The number of thioether (sulfide) groups is 2. The van der Waals surface area contributed by atoms with Crippen molar-refractivity contribution in [1.29, 1.82) is 0 Å². The van der Waals surface area contributed by atoms with Crippen molar-refractivity contribution in [3.05, 3.63) is 29.6 Å². The fourth-order valence-electron chi connectivity index (χ4n) is 2.34. The van der Waals surface area contributed by atoms with Crippen LogP contribution in [0.4, 0.5) is 4.39 Å². The molecule has 3 rings (SSSR count). The van der Waals surface area contributed by atoms with Crippen molar-refractivity contribution >= 4 is 28.6 Å². The molecule has 102 valence electrons. The lowest BCUT2D eigenvalue weighted by atomic mass is 10.2. The Kier molecular flexibility index (Phi) is 3.73. The first-order valence-corrected chi connectivity index (χ1v) is 8.20. The zero-order valence-electron chi connectivity index (χ0n) is 10.5. The molecule has 2 aliphatic heterocycles. The van der Waals surface area contributed by atoms with Gasteiger partial charge in [-0.3, -0.25) is 9.89 Å². The van der Waals surface area contributed by atoms with Gasteiger partial charge in [-0.1, -0.05) is 0 Å². The number of benzene rings is 1. The summed E-state index contributed by atoms with van der Waals surface area (Å²) in [5.74, 6) is 1.79. The Bertz CT molecular complexity index is 523. The van der Waals surface area contributed by atoms with E-state index >= 15 is 0 Å². The molecule has 2 atom stereocenters. The summed E-state index contributed by atoms with van der Waals surface area (Å²) in [6.07, 6.45) is 0. The van der Waals surface area contributed by atoms with Crippen molar-refractivity contribution in [2.45, 2.75) is 11.4 Å². The maximum Gasteiger partial charge on any atom is 0.125 e. The summed E-state index contributed by atoms with van der Waals surface area (Å²) < 4.78 is 13.3. The largest absolute Gasteiger partial charge is 0.507 e. The molecule has 2 aliphatic rings. The van der Waals surface area contributed by atoms with Crippen LogP contribution < -0.4 is 0 Å². The second kappa shape index (κ2) is 5.34. The number of hydrogen-bond donors (Lipinski definition) is 1. The Balaban J connectivity index is 1.84. The molecule has 1 saturated heterocycles. The van der Waals surface area contributed by atoms with Crippen LogP contribution in [0.3, 0.4) is 0 Å². The fourth-order valence-corrected chi connectivity index (χ4v) is 4.95. The third kappa shape index (κ3) is 2.61. The van der Waals surface area contributed by atoms with E-state index in [0.717, 1.165) is 23.1 Å². The van der Waals surface area contributed by atoms with Crippen LogP contribution in [0.5, 0.6) is 5.75 Å². The molecule has 0 spiro atoms. The molecule has 2 unspecified atom stereocenters. The first-order valence-electron chi connectivity index (χ1n) is 6.16. The summed E-state index contributed by atoms with van der Waals surface area (Å²) in [4.78, 5) is 7.00. The van der Waals surface area contributed by atoms with Crippen LogP contribution in [0, 0.1) is 5.82 Å². The van der Waals surface area contributed by atoms with Crippen molar-refractivity contribution in [2.75, 3.05) is 25.1 Å². The van der Waals surface area contributed by atoms with Crippen molar-refractivity contribution < 1.29 is 9.50 Å². The van der Waals surface area contributed by atoms with Crippen LogP contribution in [0.15, 0.2) is 23.2 Å². The summed E-state index contributed by atoms with van der Waals surface area (Å²) in [7, 11) is 2.11. The van der Waals surface area contributed by atoms with Gasteiger partial charge in [-0.2, -0.15) is 0 Å². The fraction of sp³-hybridized carbons (Fsp3) is 0.462. The van der Waals surface area contributed by atoms with E-state index in [1.165, 1.54) is 18.2 Å². The second-order valence-corrected chi connectivity index (χ2v) is 6.95. The SMILES string of the molecule is CN1CCSC1C1CSC(c2cc(F)ccc2O)=N1.